The van der Waals surface area contributed by atoms with E-state index in [1.165, 1.54) is 0 Å². The van der Waals surface area contributed by atoms with Crippen molar-refractivity contribution in [1.29, 1.82) is 0 Å². The van der Waals surface area contributed by atoms with Crippen LogP contribution >= 0.6 is 23.2 Å². The molecule has 156 valence electrons. The molecule has 2 amide bonds. The van der Waals surface area contributed by atoms with Gasteiger partial charge in [-0.05, 0) is 43.5 Å². The van der Waals surface area contributed by atoms with Crippen molar-refractivity contribution < 1.29 is 14.3 Å². The van der Waals surface area contributed by atoms with E-state index in [1.807, 2.05) is 37.3 Å². The first-order valence-electron chi connectivity index (χ1n) is 9.61. The SMILES string of the molecule is CCCNC(=O)C(C)N(CCc1ccccc1)C(=O)COc1ccc(Cl)cc1Cl. The summed E-state index contributed by atoms with van der Waals surface area (Å²) in [6.07, 6.45) is 1.47. The minimum Gasteiger partial charge on any atom is -0.482 e. The molecule has 29 heavy (non-hydrogen) atoms. The van der Waals surface area contributed by atoms with E-state index in [0.29, 0.717) is 35.3 Å². The van der Waals surface area contributed by atoms with Gasteiger partial charge in [0.2, 0.25) is 5.91 Å². The van der Waals surface area contributed by atoms with Crippen LogP contribution in [-0.4, -0.2) is 42.5 Å². The molecule has 0 saturated heterocycles. The van der Waals surface area contributed by atoms with Crippen molar-refractivity contribution in [2.45, 2.75) is 32.7 Å². The molecule has 0 aliphatic rings. The third-order valence-corrected chi connectivity index (χ3v) is 4.98. The van der Waals surface area contributed by atoms with Gasteiger partial charge in [0, 0.05) is 18.1 Å². The molecule has 7 heteroatoms. The zero-order chi connectivity index (χ0) is 21.2. The maximum Gasteiger partial charge on any atom is 0.261 e. The minimum atomic E-state index is -0.609. The highest BCUT2D eigenvalue weighted by Gasteiger charge is 2.26. The van der Waals surface area contributed by atoms with Crippen molar-refractivity contribution >= 4 is 35.0 Å². The van der Waals surface area contributed by atoms with Crippen molar-refractivity contribution in [2.24, 2.45) is 0 Å². The fourth-order valence-electron chi connectivity index (χ4n) is 2.78. The van der Waals surface area contributed by atoms with Crippen LogP contribution in [0, 0.1) is 0 Å². The summed E-state index contributed by atoms with van der Waals surface area (Å²) in [6.45, 7) is 4.46. The predicted molar refractivity (Wildman–Crippen MR) is 117 cm³/mol. The van der Waals surface area contributed by atoms with Crippen molar-refractivity contribution in [3.63, 3.8) is 0 Å². The zero-order valence-corrected chi connectivity index (χ0v) is 18.2. The summed E-state index contributed by atoms with van der Waals surface area (Å²) >= 11 is 12.0. The van der Waals surface area contributed by atoms with E-state index in [0.717, 1.165) is 12.0 Å². The number of nitrogens with one attached hydrogen (secondary N) is 1. The van der Waals surface area contributed by atoms with Crippen molar-refractivity contribution in [3.8, 4) is 5.75 Å². The lowest BCUT2D eigenvalue weighted by atomic mass is 10.1. The molecular formula is C22H26Cl2N2O3. The number of rotatable bonds is 10. The van der Waals surface area contributed by atoms with Crippen LogP contribution in [-0.2, 0) is 16.0 Å². The second-order valence-electron chi connectivity index (χ2n) is 6.65. The minimum absolute atomic E-state index is 0.183. The van der Waals surface area contributed by atoms with Crippen LogP contribution in [0.25, 0.3) is 0 Å². The number of benzene rings is 2. The van der Waals surface area contributed by atoms with Gasteiger partial charge in [0.25, 0.3) is 5.91 Å². The Morgan fingerprint density at radius 3 is 2.52 bits per heavy atom. The van der Waals surface area contributed by atoms with E-state index in [4.69, 9.17) is 27.9 Å². The number of hydrogen-bond acceptors (Lipinski definition) is 3. The van der Waals surface area contributed by atoms with Crippen LogP contribution < -0.4 is 10.1 Å². The molecule has 5 nitrogen and oxygen atoms in total. The number of amides is 2. The molecule has 0 saturated carbocycles. The number of halogens is 2. The average molecular weight is 437 g/mol. The van der Waals surface area contributed by atoms with Gasteiger partial charge in [0.1, 0.15) is 11.8 Å². The van der Waals surface area contributed by atoms with E-state index in [-0.39, 0.29) is 18.4 Å². The molecule has 0 radical (unpaired) electrons. The smallest absolute Gasteiger partial charge is 0.261 e. The summed E-state index contributed by atoms with van der Waals surface area (Å²) < 4.78 is 5.58. The van der Waals surface area contributed by atoms with Gasteiger partial charge < -0.3 is 15.0 Å². The van der Waals surface area contributed by atoms with Crippen molar-refractivity contribution in [2.75, 3.05) is 19.7 Å². The highest BCUT2D eigenvalue weighted by molar-refractivity contribution is 6.35. The van der Waals surface area contributed by atoms with E-state index in [9.17, 15) is 9.59 Å². The second kappa shape index (κ2) is 11.7. The van der Waals surface area contributed by atoms with Crippen molar-refractivity contribution in [3.05, 3.63) is 64.1 Å². The van der Waals surface area contributed by atoms with Gasteiger partial charge in [-0.3, -0.25) is 9.59 Å². The zero-order valence-electron chi connectivity index (χ0n) is 16.7. The van der Waals surface area contributed by atoms with E-state index < -0.39 is 6.04 Å². The summed E-state index contributed by atoms with van der Waals surface area (Å²) in [5.41, 5.74) is 1.09. The number of carbonyl (C=O) groups is 2. The molecule has 0 spiro atoms. The van der Waals surface area contributed by atoms with E-state index in [1.54, 1.807) is 30.0 Å². The van der Waals surface area contributed by atoms with Gasteiger partial charge in [0.15, 0.2) is 6.61 Å². The Kier molecular flexibility index (Phi) is 9.29. The monoisotopic (exact) mass is 436 g/mol. The topological polar surface area (TPSA) is 58.6 Å². The first kappa shape index (κ1) is 23.0. The van der Waals surface area contributed by atoms with E-state index >= 15 is 0 Å². The van der Waals surface area contributed by atoms with Crippen LogP contribution in [0.2, 0.25) is 10.0 Å². The number of hydrogen-bond donors (Lipinski definition) is 1. The van der Waals surface area contributed by atoms with Crippen LogP contribution in [0.3, 0.4) is 0 Å². The number of nitrogens with zero attached hydrogens (tertiary/aromatic N) is 1. The maximum absolute atomic E-state index is 12.9. The lowest BCUT2D eigenvalue weighted by Crippen LogP contribution is -2.50. The van der Waals surface area contributed by atoms with Gasteiger partial charge in [0.05, 0.1) is 5.02 Å². The Bertz CT molecular complexity index is 815. The van der Waals surface area contributed by atoms with Gasteiger partial charge >= 0.3 is 0 Å². The first-order chi connectivity index (χ1) is 13.9. The van der Waals surface area contributed by atoms with Gasteiger partial charge in [-0.2, -0.15) is 0 Å². The number of ether oxygens (including phenoxy) is 1. The molecule has 2 aromatic carbocycles. The molecule has 0 aromatic heterocycles. The van der Waals surface area contributed by atoms with Crippen LogP contribution in [0.5, 0.6) is 5.75 Å². The molecule has 0 heterocycles. The molecule has 2 rings (SSSR count). The summed E-state index contributed by atoms with van der Waals surface area (Å²) in [7, 11) is 0. The Morgan fingerprint density at radius 1 is 1.14 bits per heavy atom. The summed E-state index contributed by atoms with van der Waals surface area (Å²) in [5.74, 6) is -0.0978. The first-order valence-corrected chi connectivity index (χ1v) is 10.4. The Hall–Kier alpha value is -2.24. The fourth-order valence-corrected chi connectivity index (χ4v) is 3.24. The maximum atomic E-state index is 12.9. The quantitative estimate of drug-likeness (QED) is 0.601. The Balaban J connectivity index is 2.07. The Morgan fingerprint density at radius 2 is 1.86 bits per heavy atom. The van der Waals surface area contributed by atoms with E-state index in [2.05, 4.69) is 5.32 Å². The van der Waals surface area contributed by atoms with Gasteiger partial charge in [-0.1, -0.05) is 60.5 Å². The van der Waals surface area contributed by atoms with Crippen molar-refractivity contribution in [1.82, 2.24) is 10.2 Å². The largest absolute Gasteiger partial charge is 0.482 e. The highest BCUT2D eigenvalue weighted by Crippen LogP contribution is 2.27. The lowest BCUT2D eigenvalue weighted by molar-refractivity contribution is -0.141. The van der Waals surface area contributed by atoms with Crippen LogP contribution in [0.15, 0.2) is 48.5 Å². The molecule has 1 atom stereocenters. The lowest BCUT2D eigenvalue weighted by Gasteiger charge is -2.28. The molecule has 0 bridgehead atoms. The third-order valence-electron chi connectivity index (χ3n) is 4.45. The van der Waals surface area contributed by atoms with Gasteiger partial charge in [-0.25, -0.2) is 0 Å². The standard InChI is InChI=1S/C22H26Cl2N2O3/c1-3-12-25-22(28)16(2)26(13-11-17-7-5-4-6-8-17)21(27)15-29-20-10-9-18(23)14-19(20)24/h4-10,14,16H,3,11-13,15H2,1-2H3,(H,25,28). The molecule has 0 aliphatic carbocycles. The normalized spacial score (nSPS) is 11.6. The molecular weight excluding hydrogens is 411 g/mol. The summed E-state index contributed by atoms with van der Waals surface area (Å²) in [4.78, 5) is 26.9. The van der Waals surface area contributed by atoms with Crippen LogP contribution in [0.1, 0.15) is 25.8 Å². The fraction of sp³-hybridized carbons (Fsp3) is 0.364. The molecule has 1 unspecified atom stereocenters. The predicted octanol–water partition coefficient (Wildman–Crippen LogP) is 4.36. The second-order valence-corrected chi connectivity index (χ2v) is 7.50. The highest BCUT2D eigenvalue weighted by atomic mass is 35.5. The summed E-state index contributed by atoms with van der Waals surface area (Å²) in [6, 6.07) is 14.0. The molecule has 0 fully saturated rings. The number of carbonyl (C=O) groups excluding carboxylic acids is 2. The Labute approximate surface area is 181 Å². The summed E-state index contributed by atoms with van der Waals surface area (Å²) in [5, 5.41) is 3.66. The van der Waals surface area contributed by atoms with Gasteiger partial charge in [-0.15, -0.1) is 0 Å². The molecule has 1 N–H and O–H groups in total. The molecule has 0 aliphatic heterocycles. The third kappa shape index (κ3) is 7.26. The molecule has 2 aromatic rings. The van der Waals surface area contributed by atoms with Crippen LogP contribution in [0.4, 0.5) is 0 Å². The average Bonchev–Trinajstić information content (AvgIpc) is 2.72.